The molecule has 0 spiro atoms. The second-order valence-electron chi connectivity index (χ2n) is 2.37. The first-order chi connectivity index (χ1) is 4.25. The van der Waals surface area contributed by atoms with Gasteiger partial charge in [0.2, 0.25) is 0 Å². The number of Topliss-reactive ketones (excluding diaryl/α,β-unsaturated/α-hetero) is 1. The van der Waals surface area contributed by atoms with Gasteiger partial charge in [0.15, 0.2) is 5.78 Å². The maximum Gasteiger partial charge on any atom is 0.181 e. The van der Waals surface area contributed by atoms with Crippen LogP contribution in [0.1, 0.15) is 13.3 Å². The highest BCUT2D eigenvalue weighted by Gasteiger charge is 2.21. The Morgan fingerprint density at radius 1 is 1.78 bits per heavy atom. The molecule has 1 rings (SSSR count). The molecule has 0 saturated heterocycles. The molecule has 0 aromatic heterocycles. The molecule has 2 nitrogen and oxygen atoms in total. The zero-order valence-electron chi connectivity index (χ0n) is 5.77. The van der Waals surface area contributed by atoms with Crippen LogP contribution in [-0.2, 0) is 4.79 Å². The van der Waals surface area contributed by atoms with E-state index in [1.165, 1.54) is 0 Å². The Morgan fingerprint density at radius 3 is 2.67 bits per heavy atom. The third-order valence-corrected chi connectivity index (χ3v) is 1.66. The van der Waals surface area contributed by atoms with Crippen molar-refractivity contribution in [2.45, 2.75) is 13.3 Å². The smallest absolute Gasteiger partial charge is 0.181 e. The van der Waals surface area contributed by atoms with Crippen molar-refractivity contribution in [1.29, 1.82) is 0 Å². The lowest BCUT2D eigenvalue weighted by atomic mass is 10.1. The highest BCUT2D eigenvalue weighted by atomic mass is 16.1. The zero-order valence-corrected chi connectivity index (χ0v) is 5.77. The van der Waals surface area contributed by atoms with E-state index in [1.807, 2.05) is 13.0 Å². The Morgan fingerprint density at radius 2 is 2.44 bits per heavy atom. The van der Waals surface area contributed by atoms with Crippen molar-refractivity contribution < 1.29 is 4.79 Å². The summed E-state index contributed by atoms with van der Waals surface area (Å²) < 4.78 is 0. The number of rotatable bonds is 1. The lowest BCUT2D eigenvalue weighted by Gasteiger charge is -1.99. The Labute approximate surface area is 54.9 Å². The van der Waals surface area contributed by atoms with E-state index in [0.29, 0.717) is 0 Å². The number of ketones is 1. The van der Waals surface area contributed by atoms with Gasteiger partial charge in [-0.25, -0.2) is 0 Å². The van der Waals surface area contributed by atoms with Gasteiger partial charge in [-0.3, -0.25) is 4.79 Å². The van der Waals surface area contributed by atoms with Crippen molar-refractivity contribution in [1.82, 2.24) is 5.32 Å². The summed E-state index contributed by atoms with van der Waals surface area (Å²) in [5, 5.41) is 2.86. The average Bonchev–Trinajstić information content (AvgIpc) is 2.15. The molecular weight excluding hydrogens is 114 g/mol. The average molecular weight is 125 g/mol. The molecule has 1 unspecified atom stereocenters. The van der Waals surface area contributed by atoms with E-state index < -0.39 is 0 Å². The Kier molecular flexibility index (Phi) is 1.56. The molecule has 0 aromatic carbocycles. The predicted octanol–water partition coefficient (Wildman–Crippen LogP) is 0.699. The minimum Gasteiger partial charge on any atom is -0.386 e. The molecule has 1 aliphatic carbocycles. The molecule has 0 heterocycles. The Hall–Kier alpha value is -0.790. The van der Waals surface area contributed by atoms with Crippen LogP contribution < -0.4 is 5.32 Å². The van der Waals surface area contributed by atoms with Crippen molar-refractivity contribution in [2.24, 2.45) is 5.92 Å². The highest BCUT2D eigenvalue weighted by Crippen LogP contribution is 2.17. The Balaban J connectivity index is 2.67. The van der Waals surface area contributed by atoms with Gasteiger partial charge in [0, 0.05) is 13.0 Å². The fourth-order valence-electron chi connectivity index (χ4n) is 0.993. The monoisotopic (exact) mass is 125 g/mol. The quantitative estimate of drug-likeness (QED) is 0.559. The summed E-state index contributed by atoms with van der Waals surface area (Å²) in [6, 6.07) is 0. The highest BCUT2D eigenvalue weighted by molar-refractivity contribution is 5.98. The van der Waals surface area contributed by atoms with Gasteiger partial charge in [-0.15, -0.1) is 0 Å². The number of carbonyl (C=O) groups excluding carboxylic acids is 1. The molecule has 1 atom stereocenters. The first-order valence-electron chi connectivity index (χ1n) is 3.18. The molecule has 1 aliphatic rings. The molecule has 50 valence electrons. The SMILES string of the molecule is CNC1=CCC(C)C1=O. The Bertz CT molecular complexity index is 160. The number of carbonyl (C=O) groups is 1. The summed E-state index contributed by atoms with van der Waals surface area (Å²) in [4.78, 5) is 11.0. The van der Waals surface area contributed by atoms with Crippen LogP contribution in [0.5, 0.6) is 0 Å². The minimum atomic E-state index is 0.201. The standard InChI is InChI=1S/C7H11NO/c1-5-3-4-6(8-2)7(5)9/h4-5,8H,3H2,1-2H3. The number of hydrogen-bond acceptors (Lipinski definition) is 2. The van der Waals surface area contributed by atoms with Gasteiger partial charge in [0.05, 0.1) is 5.70 Å². The molecule has 0 radical (unpaired) electrons. The number of hydrogen-bond donors (Lipinski definition) is 1. The van der Waals surface area contributed by atoms with E-state index in [1.54, 1.807) is 7.05 Å². The van der Waals surface area contributed by atoms with E-state index >= 15 is 0 Å². The van der Waals surface area contributed by atoms with Crippen LogP contribution in [-0.4, -0.2) is 12.8 Å². The summed E-state index contributed by atoms with van der Waals surface area (Å²) in [6.07, 6.45) is 2.85. The van der Waals surface area contributed by atoms with Crippen molar-refractivity contribution in [3.63, 3.8) is 0 Å². The molecule has 0 aromatic rings. The van der Waals surface area contributed by atoms with Crippen LogP contribution in [0.3, 0.4) is 0 Å². The molecule has 0 bridgehead atoms. The number of likely N-dealkylation sites (N-methyl/N-ethyl adjacent to an activating group) is 1. The molecule has 0 aliphatic heterocycles. The van der Waals surface area contributed by atoms with Gasteiger partial charge in [-0.05, 0) is 6.42 Å². The van der Waals surface area contributed by atoms with Crippen molar-refractivity contribution in [3.05, 3.63) is 11.8 Å². The molecular formula is C7H11NO. The van der Waals surface area contributed by atoms with Crippen molar-refractivity contribution in [2.75, 3.05) is 7.05 Å². The van der Waals surface area contributed by atoms with Crippen molar-refractivity contribution >= 4 is 5.78 Å². The van der Waals surface area contributed by atoms with Crippen LogP contribution in [0.2, 0.25) is 0 Å². The van der Waals surface area contributed by atoms with Crippen LogP contribution >= 0.6 is 0 Å². The molecule has 9 heavy (non-hydrogen) atoms. The predicted molar refractivity (Wildman–Crippen MR) is 35.9 cm³/mol. The van der Waals surface area contributed by atoms with Gasteiger partial charge >= 0.3 is 0 Å². The lowest BCUT2D eigenvalue weighted by molar-refractivity contribution is -0.118. The maximum atomic E-state index is 11.0. The summed E-state index contributed by atoms with van der Waals surface area (Å²) >= 11 is 0. The summed E-state index contributed by atoms with van der Waals surface area (Å²) in [7, 11) is 1.78. The van der Waals surface area contributed by atoms with Gasteiger partial charge in [0.1, 0.15) is 0 Å². The molecule has 2 heteroatoms. The van der Waals surface area contributed by atoms with Gasteiger partial charge in [-0.1, -0.05) is 13.0 Å². The van der Waals surface area contributed by atoms with Crippen LogP contribution in [0.15, 0.2) is 11.8 Å². The molecule has 0 amide bonds. The number of allylic oxidation sites excluding steroid dienone is 2. The van der Waals surface area contributed by atoms with Gasteiger partial charge in [0.25, 0.3) is 0 Å². The lowest BCUT2D eigenvalue weighted by Crippen LogP contribution is -2.15. The third kappa shape index (κ3) is 0.969. The van der Waals surface area contributed by atoms with Gasteiger partial charge < -0.3 is 5.32 Å². The van der Waals surface area contributed by atoms with Crippen LogP contribution in [0, 0.1) is 5.92 Å². The van der Waals surface area contributed by atoms with E-state index in [9.17, 15) is 4.79 Å². The molecule has 1 N–H and O–H groups in total. The normalized spacial score (nSPS) is 26.2. The summed E-state index contributed by atoms with van der Waals surface area (Å²) in [6.45, 7) is 1.95. The number of nitrogens with one attached hydrogen (secondary N) is 1. The van der Waals surface area contributed by atoms with E-state index in [-0.39, 0.29) is 11.7 Å². The van der Waals surface area contributed by atoms with Crippen molar-refractivity contribution in [3.8, 4) is 0 Å². The first-order valence-corrected chi connectivity index (χ1v) is 3.18. The zero-order chi connectivity index (χ0) is 6.85. The second-order valence-corrected chi connectivity index (χ2v) is 2.37. The van der Waals surface area contributed by atoms with E-state index in [4.69, 9.17) is 0 Å². The van der Waals surface area contributed by atoms with E-state index in [2.05, 4.69) is 5.32 Å². The maximum absolute atomic E-state index is 11.0. The van der Waals surface area contributed by atoms with Crippen LogP contribution in [0.25, 0.3) is 0 Å². The first kappa shape index (κ1) is 6.33. The minimum absolute atomic E-state index is 0.201. The molecule has 0 fully saturated rings. The van der Waals surface area contributed by atoms with Gasteiger partial charge in [-0.2, -0.15) is 0 Å². The summed E-state index contributed by atoms with van der Waals surface area (Å²) in [5.74, 6) is 0.449. The third-order valence-electron chi connectivity index (χ3n) is 1.66. The summed E-state index contributed by atoms with van der Waals surface area (Å²) in [5.41, 5.74) is 0.780. The largest absolute Gasteiger partial charge is 0.386 e. The fraction of sp³-hybridized carbons (Fsp3) is 0.571. The fourth-order valence-corrected chi connectivity index (χ4v) is 0.993. The van der Waals surface area contributed by atoms with E-state index in [0.717, 1.165) is 12.1 Å². The topological polar surface area (TPSA) is 29.1 Å². The second kappa shape index (κ2) is 2.21. The molecule has 0 saturated carbocycles. The van der Waals surface area contributed by atoms with Crippen LogP contribution in [0.4, 0.5) is 0 Å².